The van der Waals surface area contributed by atoms with E-state index < -0.39 is 22.8 Å². The topological polar surface area (TPSA) is 83.7 Å². The SMILES string of the molecule is Cc1ccc2oc3c(c(=O)c2c1)C1(C(=O)N(Cc2ccc(Cl)cc2)c2ccccc21)N(c1nc2ccc(Cl)cc2s1)C3=O. The van der Waals surface area contributed by atoms with Gasteiger partial charge in [0.25, 0.3) is 11.8 Å². The Hall–Kier alpha value is -4.50. The molecule has 7 nitrogen and oxygen atoms in total. The molecule has 1 unspecified atom stereocenters. The van der Waals surface area contributed by atoms with Crippen LogP contribution in [0.4, 0.5) is 10.8 Å². The molecule has 0 bridgehead atoms. The summed E-state index contributed by atoms with van der Waals surface area (Å²) < 4.78 is 6.93. The molecule has 2 aliphatic heterocycles. The first-order valence-corrected chi connectivity index (χ1v) is 15.0. The van der Waals surface area contributed by atoms with Crippen LogP contribution in [-0.4, -0.2) is 16.8 Å². The molecule has 1 atom stereocenters. The molecule has 0 radical (unpaired) electrons. The Labute approximate surface area is 258 Å². The van der Waals surface area contributed by atoms with Crippen molar-refractivity contribution in [2.45, 2.75) is 19.0 Å². The first-order chi connectivity index (χ1) is 20.8. The summed E-state index contributed by atoms with van der Waals surface area (Å²) in [6.07, 6.45) is 0. The van der Waals surface area contributed by atoms with E-state index in [0.29, 0.717) is 32.2 Å². The second kappa shape index (κ2) is 9.25. The summed E-state index contributed by atoms with van der Waals surface area (Å²) in [6, 6.07) is 24.9. The molecule has 6 aromatic rings. The van der Waals surface area contributed by atoms with E-state index in [2.05, 4.69) is 0 Å². The number of hydrogen-bond donors (Lipinski definition) is 0. The Bertz CT molecular complexity index is 2240. The molecule has 0 aliphatic carbocycles. The molecular formula is C33H19Cl2N3O4S. The van der Waals surface area contributed by atoms with Gasteiger partial charge in [-0.3, -0.25) is 19.3 Å². The third kappa shape index (κ3) is 3.60. The number of aromatic nitrogens is 1. The summed E-state index contributed by atoms with van der Waals surface area (Å²) in [5.41, 5.74) is 1.36. The van der Waals surface area contributed by atoms with E-state index in [1.165, 1.54) is 16.2 Å². The van der Waals surface area contributed by atoms with E-state index in [1.54, 1.807) is 59.5 Å². The maximum absolute atomic E-state index is 15.1. The van der Waals surface area contributed by atoms with Crippen LogP contribution in [0.1, 0.15) is 32.8 Å². The van der Waals surface area contributed by atoms with Crippen LogP contribution in [0, 0.1) is 6.92 Å². The summed E-state index contributed by atoms with van der Waals surface area (Å²) in [5, 5.41) is 1.64. The number of anilines is 2. The molecule has 43 heavy (non-hydrogen) atoms. The van der Waals surface area contributed by atoms with E-state index in [-0.39, 0.29) is 28.6 Å². The van der Waals surface area contributed by atoms with Crippen LogP contribution >= 0.6 is 34.5 Å². The average Bonchev–Trinajstić information content (AvgIpc) is 3.60. The van der Waals surface area contributed by atoms with Crippen LogP contribution in [0.3, 0.4) is 0 Å². The smallest absolute Gasteiger partial charge is 0.297 e. The number of halogens is 2. The van der Waals surface area contributed by atoms with Gasteiger partial charge in [-0.05, 0) is 61.0 Å². The summed E-state index contributed by atoms with van der Waals surface area (Å²) in [4.78, 5) is 51.7. The molecule has 4 aromatic carbocycles. The number of rotatable bonds is 3. The number of hydrogen-bond acceptors (Lipinski definition) is 6. The summed E-state index contributed by atoms with van der Waals surface area (Å²) in [7, 11) is 0. The first kappa shape index (κ1) is 26.2. The van der Waals surface area contributed by atoms with Crippen molar-refractivity contribution in [1.29, 1.82) is 0 Å². The fraction of sp³-hybridized carbons (Fsp3) is 0.0909. The summed E-state index contributed by atoms with van der Waals surface area (Å²) in [6.45, 7) is 2.06. The molecule has 4 heterocycles. The molecule has 2 aliphatic rings. The number of aryl methyl sites for hydroxylation is 1. The van der Waals surface area contributed by atoms with Gasteiger partial charge in [0.2, 0.25) is 5.76 Å². The normalized spacial score (nSPS) is 17.5. The minimum absolute atomic E-state index is 0.0102. The van der Waals surface area contributed by atoms with Gasteiger partial charge in [-0.2, -0.15) is 0 Å². The minimum Gasteiger partial charge on any atom is -0.450 e. The molecule has 0 N–H and O–H groups in total. The third-order valence-corrected chi connectivity index (χ3v) is 9.55. The molecule has 210 valence electrons. The van der Waals surface area contributed by atoms with Crippen LogP contribution in [-0.2, 0) is 16.9 Å². The number of carbonyl (C=O) groups excluding carboxylic acids is 2. The van der Waals surface area contributed by atoms with Gasteiger partial charge in [0, 0.05) is 15.6 Å². The molecule has 1 spiro atoms. The zero-order chi connectivity index (χ0) is 29.6. The number of benzene rings is 4. The lowest BCUT2D eigenvalue weighted by molar-refractivity contribution is -0.121. The van der Waals surface area contributed by atoms with Crippen molar-refractivity contribution in [2.75, 3.05) is 9.80 Å². The number of thiazole rings is 1. The number of carbonyl (C=O) groups is 2. The quantitative estimate of drug-likeness (QED) is 0.204. The van der Waals surface area contributed by atoms with Crippen LogP contribution in [0.5, 0.6) is 0 Å². The predicted molar refractivity (Wildman–Crippen MR) is 169 cm³/mol. The van der Waals surface area contributed by atoms with E-state index in [9.17, 15) is 9.59 Å². The zero-order valence-electron chi connectivity index (χ0n) is 22.4. The van der Waals surface area contributed by atoms with Gasteiger partial charge < -0.3 is 9.32 Å². The molecule has 0 saturated heterocycles. The Kier molecular flexibility index (Phi) is 5.62. The van der Waals surface area contributed by atoms with Crippen molar-refractivity contribution in [3.8, 4) is 0 Å². The molecular weight excluding hydrogens is 605 g/mol. The number of nitrogens with zero attached hydrogens (tertiary/aromatic N) is 3. The van der Waals surface area contributed by atoms with E-state index in [4.69, 9.17) is 32.6 Å². The van der Waals surface area contributed by atoms with Gasteiger partial charge in [-0.1, -0.05) is 76.5 Å². The van der Waals surface area contributed by atoms with Gasteiger partial charge in [0.15, 0.2) is 16.1 Å². The Morgan fingerprint density at radius 2 is 1.67 bits per heavy atom. The second-order valence-electron chi connectivity index (χ2n) is 10.6. The van der Waals surface area contributed by atoms with Crippen LogP contribution < -0.4 is 15.2 Å². The van der Waals surface area contributed by atoms with Gasteiger partial charge >= 0.3 is 0 Å². The largest absolute Gasteiger partial charge is 0.450 e. The molecule has 0 fully saturated rings. The number of amides is 2. The van der Waals surface area contributed by atoms with Gasteiger partial charge in [-0.25, -0.2) is 4.98 Å². The van der Waals surface area contributed by atoms with Crippen molar-refractivity contribution in [2.24, 2.45) is 0 Å². The van der Waals surface area contributed by atoms with E-state index >= 15 is 4.79 Å². The maximum Gasteiger partial charge on any atom is 0.297 e. The summed E-state index contributed by atoms with van der Waals surface area (Å²) >= 11 is 13.6. The fourth-order valence-electron chi connectivity index (χ4n) is 6.19. The zero-order valence-corrected chi connectivity index (χ0v) is 24.8. The highest BCUT2D eigenvalue weighted by atomic mass is 35.5. The Balaban J connectivity index is 1.45. The van der Waals surface area contributed by atoms with Crippen molar-refractivity contribution in [3.63, 3.8) is 0 Å². The summed E-state index contributed by atoms with van der Waals surface area (Å²) in [5.74, 6) is -1.24. The number of fused-ring (bicyclic) bond motifs is 6. The Morgan fingerprint density at radius 3 is 2.49 bits per heavy atom. The van der Waals surface area contributed by atoms with Crippen LogP contribution in [0.15, 0.2) is 94.1 Å². The van der Waals surface area contributed by atoms with Crippen LogP contribution in [0.25, 0.3) is 21.2 Å². The van der Waals surface area contributed by atoms with Gasteiger partial charge in [-0.15, -0.1) is 0 Å². The number of para-hydroxylation sites is 1. The monoisotopic (exact) mass is 623 g/mol. The highest BCUT2D eigenvalue weighted by Gasteiger charge is 2.66. The Morgan fingerprint density at radius 1 is 0.907 bits per heavy atom. The third-order valence-electron chi connectivity index (χ3n) is 8.06. The van der Waals surface area contributed by atoms with Crippen LogP contribution in [0.2, 0.25) is 10.0 Å². The lowest BCUT2D eigenvalue weighted by Gasteiger charge is -2.32. The van der Waals surface area contributed by atoms with Crippen molar-refractivity contribution in [1.82, 2.24) is 4.98 Å². The van der Waals surface area contributed by atoms with Gasteiger partial charge in [0.1, 0.15) is 5.58 Å². The molecule has 10 heteroatoms. The highest BCUT2D eigenvalue weighted by Crippen LogP contribution is 2.55. The minimum atomic E-state index is -1.84. The van der Waals surface area contributed by atoms with Crippen molar-refractivity contribution >= 4 is 78.4 Å². The van der Waals surface area contributed by atoms with Crippen molar-refractivity contribution < 1.29 is 14.0 Å². The lowest BCUT2D eigenvalue weighted by Crippen LogP contribution is -2.53. The standard InChI is InChI=1S/C33H19Cl2N3O4S/c1-17-6-13-25-21(14-17)28(39)27-29(42-25)30(40)38(32-36-23-12-11-20(35)15-26(23)43-32)33(27)22-4-2-3-5-24(22)37(31(33)41)16-18-7-9-19(34)10-8-18/h2-15H,16H2,1H3. The molecule has 2 aromatic heterocycles. The van der Waals surface area contributed by atoms with Crippen molar-refractivity contribution in [3.05, 3.63) is 133 Å². The second-order valence-corrected chi connectivity index (χ2v) is 12.5. The van der Waals surface area contributed by atoms with E-state index in [0.717, 1.165) is 15.8 Å². The van der Waals surface area contributed by atoms with E-state index in [1.807, 2.05) is 37.3 Å². The lowest BCUT2D eigenvalue weighted by atomic mass is 9.84. The fourth-order valence-corrected chi connectivity index (χ4v) is 7.61. The molecule has 0 saturated carbocycles. The van der Waals surface area contributed by atoms with Gasteiger partial charge in [0.05, 0.1) is 33.4 Å². The molecule has 2 amide bonds. The highest BCUT2D eigenvalue weighted by molar-refractivity contribution is 7.22. The first-order valence-electron chi connectivity index (χ1n) is 13.4. The maximum atomic E-state index is 15.1. The predicted octanol–water partition coefficient (Wildman–Crippen LogP) is 7.47. The molecule has 8 rings (SSSR count). The average molecular weight is 625 g/mol.